The van der Waals surface area contributed by atoms with Gasteiger partial charge in [-0.05, 0) is 50.4 Å². The van der Waals surface area contributed by atoms with Gasteiger partial charge in [0.1, 0.15) is 5.75 Å². The Morgan fingerprint density at radius 1 is 1.25 bits per heavy atom. The van der Waals surface area contributed by atoms with Crippen molar-refractivity contribution in [3.05, 3.63) is 28.8 Å². The highest BCUT2D eigenvalue weighted by Crippen LogP contribution is 2.33. The summed E-state index contributed by atoms with van der Waals surface area (Å²) in [6.45, 7) is 5.43. The molecule has 1 saturated heterocycles. The monoisotopic (exact) mass is 219 g/mol. The van der Waals surface area contributed by atoms with E-state index in [0.29, 0.717) is 6.04 Å². The fourth-order valence-corrected chi connectivity index (χ4v) is 2.65. The van der Waals surface area contributed by atoms with E-state index in [0.717, 1.165) is 12.3 Å². The maximum absolute atomic E-state index is 5.52. The molecule has 1 aliphatic rings. The average molecular weight is 219 g/mol. The van der Waals surface area contributed by atoms with Gasteiger partial charge in [-0.1, -0.05) is 12.5 Å². The van der Waals surface area contributed by atoms with Crippen molar-refractivity contribution < 1.29 is 4.74 Å². The minimum Gasteiger partial charge on any atom is -0.496 e. The van der Waals surface area contributed by atoms with Gasteiger partial charge in [-0.15, -0.1) is 0 Å². The number of hydrogen-bond acceptors (Lipinski definition) is 2. The molecule has 0 spiro atoms. The average Bonchev–Trinajstić information content (AvgIpc) is 2.29. The van der Waals surface area contributed by atoms with Crippen LogP contribution in [0.25, 0.3) is 0 Å². The zero-order chi connectivity index (χ0) is 11.5. The van der Waals surface area contributed by atoms with Crippen molar-refractivity contribution in [3.8, 4) is 5.75 Å². The second-order valence-electron chi connectivity index (χ2n) is 4.70. The standard InChI is InChI=1S/C14H21NO/c1-10-8-11(2)14(13(9-10)16-3)12-6-4-5-7-15-12/h8-9,12,15H,4-7H2,1-3H3. The molecule has 0 aliphatic carbocycles. The van der Waals surface area contributed by atoms with Gasteiger partial charge >= 0.3 is 0 Å². The maximum Gasteiger partial charge on any atom is 0.124 e. The molecule has 0 aromatic heterocycles. The highest BCUT2D eigenvalue weighted by atomic mass is 16.5. The van der Waals surface area contributed by atoms with E-state index in [1.807, 2.05) is 0 Å². The fraction of sp³-hybridized carbons (Fsp3) is 0.571. The van der Waals surface area contributed by atoms with Gasteiger partial charge in [0.05, 0.1) is 7.11 Å². The zero-order valence-corrected chi connectivity index (χ0v) is 10.5. The molecule has 1 N–H and O–H groups in total. The number of ether oxygens (including phenoxy) is 1. The van der Waals surface area contributed by atoms with Crippen molar-refractivity contribution in [2.24, 2.45) is 0 Å². The van der Waals surface area contributed by atoms with Gasteiger partial charge in [0.15, 0.2) is 0 Å². The van der Waals surface area contributed by atoms with E-state index in [9.17, 15) is 0 Å². The Morgan fingerprint density at radius 2 is 2.06 bits per heavy atom. The second-order valence-corrected chi connectivity index (χ2v) is 4.70. The first-order valence-electron chi connectivity index (χ1n) is 6.11. The third-order valence-corrected chi connectivity index (χ3v) is 3.37. The molecule has 88 valence electrons. The van der Waals surface area contributed by atoms with Gasteiger partial charge in [-0.2, -0.15) is 0 Å². The molecule has 2 nitrogen and oxygen atoms in total. The van der Waals surface area contributed by atoms with Gasteiger partial charge in [-0.3, -0.25) is 0 Å². The quantitative estimate of drug-likeness (QED) is 0.825. The number of piperidine rings is 1. The van der Waals surface area contributed by atoms with Crippen LogP contribution in [-0.2, 0) is 0 Å². The first-order chi connectivity index (χ1) is 7.72. The summed E-state index contributed by atoms with van der Waals surface area (Å²) in [6.07, 6.45) is 3.83. The van der Waals surface area contributed by atoms with E-state index in [4.69, 9.17) is 4.74 Å². The molecule has 1 aliphatic heterocycles. The van der Waals surface area contributed by atoms with Crippen LogP contribution in [-0.4, -0.2) is 13.7 Å². The van der Waals surface area contributed by atoms with E-state index >= 15 is 0 Å². The molecule has 1 aromatic rings. The molecule has 2 rings (SSSR count). The number of nitrogens with one attached hydrogen (secondary N) is 1. The minimum absolute atomic E-state index is 0.476. The first-order valence-corrected chi connectivity index (χ1v) is 6.11. The van der Waals surface area contributed by atoms with Gasteiger partial charge in [0.2, 0.25) is 0 Å². The lowest BCUT2D eigenvalue weighted by Gasteiger charge is -2.27. The van der Waals surface area contributed by atoms with Crippen molar-refractivity contribution in [3.63, 3.8) is 0 Å². The summed E-state index contributed by atoms with van der Waals surface area (Å²) < 4.78 is 5.52. The molecule has 0 radical (unpaired) electrons. The molecule has 2 heteroatoms. The lowest BCUT2D eigenvalue weighted by atomic mass is 9.92. The zero-order valence-electron chi connectivity index (χ0n) is 10.5. The normalized spacial score (nSPS) is 20.8. The molecule has 0 saturated carbocycles. The molecular weight excluding hydrogens is 198 g/mol. The molecule has 1 aromatic carbocycles. The number of methoxy groups -OCH3 is 1. The molecular formula is C14H21NO. The SMILES string of the molecule is COc1cc(C)cc(C)c1C1CCCCN1. The van der Waals surface area contributed by atoms with Crippen molar-refractivity contribution in [2.75, 3.05) is 13.7 Å². The highest BCUT2D eigenvalue weighted by molar-refractivity contribution is 5.45. The Balaban J connectivity index is 2.37. The molecule has 1 fully saturated rings. The van der Waals surface area contributed by atoms with Crippen LogP contribution in [0.4, 0.5) is 0 Å². The van der Waals surface area contributed by atoms with Crippen LogP contribution in [0.5, 0.6) is 5.75 Å². The van der Waals surface area contributed by atoms with Gasteiger partial charge < -0.3 is 10.1 Å². The van der Waals surface area contributed by atoms with Crippen LogP contribution in [0.3, 0.4) is 0 Å². The Hall–Kier alpha value is -1.02. The fourth-order valence-electron chi connectivity index (χ4n) is 2.65. The molecule has 16 heavy (non-hydrogen) atoms. The van der Waals surface area contributed by atoms with Gasteiger partial charge in [0.25, 0.3) is 0 Å². The van der Waals surface area contributed by atoms with Gasteiger partial charge in [0, 0.05) is 11.6 Å². The van der Waals surface area contributed by atoms with E-state index < -0.39 is 0 Å². The first kappa shape index (κ1) is 11.5. The Morgan fingerprint density at radius 3 is 2.69 bits per heavy atom. The lowest BCUT2D eigenvalue weighted by Crippen LogP contribution is -2.27. The van der Waals surface area contributed by atoms with Crippen LogP contribution in [0.2, 0.25) is 0 Å². The van der Waals surface area contributed by atoms with Crippen molar-refractivity contribution in [1.29, 1.82) is 0 Å². The van der Waals surface area contributed by atoms with E-state index in [2.05, 4.69) is 31.3 Å². The van der Waals surface area contributed by atoms with Crippen molar-refractivity contribution >= 4 is 0 Å². The number of benzene rings is 1. The predicted octanol–water partition coefficient (Wildman–Crippen LogP) is 3.13. The number of aryl methyl sites for hydroxylation is 2. The topological polar surface area (TPSA) is 21.3 Å². The molecule has 1 unspecified atom stereocenters. The number of rotatable bonds is 2. The van der Waals surface area contributed by atoms with Crippen LogP contribution < -0.4 is 10.1 Å². The largest absolute Gasteiger partial charge is 0.496 e. The van der Waals surface area contributed by atoms with Crippen molar-refractivity contribution in [2.45, 2.75) is 39.2 Å². The van der Waals surface area contributed by atoms with Crippen LogP contribution in [0, 0.1) is 13.8 Å². The van der Waals surface area contributed by atoms with E-state index in [-0.39, 0.29) is 0 Å². The Kier molecular flexibility index (Phi) is 3.49. The minimum atomic E-state index is 0.476. The van der Waals surface area contributed by atoms with E-state index in [1.54, 1.807) is 7.11 Å². The molecule has 0 amide bonds. The van der Waals surface area contributed by atoms with Crippen LogP contribution in [0.15, 0.2) is 12.1 Å². The predicted molar refractivity (Wildman–Crippen MR) is 67.1 cm³/mol. The summed E-state index contributed by atoms with van der Waals surface area (Å²) in [6, 6.07) is 4.86. The Bertz CT molecular complexity index is 367. The van der Waals surface area contributed by atoms with Crippen molar-refractivity contribution in [1.82, 2.24) is 5.32 Å². The molecule has 1 heterocycles. The third-order valence-electron chi connectivity index (χ3n) is 3.37. The highest BCUT2D eigenvalue weighted by Gasteiger charge is 2.20. The van der Waals surface area contributed by atoms with Crippen LogP contribution in [0.1, 0.15) is 42.0 Å². The van der Waals surface area contributed by atoms with Crippen LogP contribution >= 0.6 is 0 Å². The summed E-state index contributed by atoms with van der Waals surface area (Å²) in [5.74, 6) is 1.04. The van der Waals surface area contributed by atoms with Gasteiger partial charge in [-0.25, -0.2) is 0 Å². The Labute approximate surface area is 98.0 Å². The maximum atomic E-state index is 5.52. The summed E-state index contributed by atoms with van der Waals surface area (Å²) in [5.41, 5.74) is 3.97. The molecule has 1 atom stereocenters. The second kappa shape index (κ2) is 4.88. The third kappa shape index (κ3) is 2.22. The number of hydrogen-bond donors (Lipinski definition) is 1. The summed E-state index contributed by atoms with van der Waals surface area (Å²) >= 11 is 0. The summed E-state index contributed by atoms with van der Waals surface area (Å²) in [7, 11) is 1.76. The summed E-state index contributed by atoms with van der Waals surface area (Å²) in [4.78, 5) is 0. The smallest absolute Gasteiger partial charge is 0.124 e. The lowest BCUT2D eigenvalue weighted by molar-refractivity contribution is 0.372. The molecule has 0 bridgehead atoms. The summed E-state index contributed by atoms with van der Waals surface area (Å²) in [5, 5.41) is 3.59. The van der Waals surface area contributed by atoms with E-state index in [1.165, 1.54) is 36.0 Å².